The van der Waals surface area contributed by atoms with Crippen molar-refractivity contribution in [2.75, 3.05) is 34.4 Å². The molecule has 0 atom stereocenters. The van der Waals surface area contributed by atoms with Gasteiger partial charge < -0.3 is 25.0 Å². The summed E-state index contributed by atoms with van der Waals surface area (Å²) in [4.78, 5) is 18.2. The van der Waals surface area contributed by atoms with Crippen LogP contribution >= 0.6 is 11.6 Å². The Balaban J connectivity index is 2.07. The molecule has 31 heavy (non-hydrogen) atoms. The average molecular weight is 447 g/mol. The van der Waals surface area contributed by atoms with Crippen LogP contribution in [0.5, 0.6) is 11.5 Å². The maximum atomic E-state index is 12.0. The van der Waals surface area contributed by atoms with Crippen LogP contribution < -0.4 is 20.1 Å². The van der Waals surface area contributed by atoms with Gasteiger partial charge >= 0.3 is 0 Å². The molecule has 168 valence electrons. The van der Waals surface area contributed by atoms with Gasteiger partial charge in [0.2, 0.25) is 0 Å². The molecule has 0 heterocycles. The van der Waals surface area contributed by atoms with Gasteiger partial charge in [-0.05, 0) is 49.2 Å². The Kier molecular flexibility index (Phi) is 9.46. The van der Waals surface area contributed by atoms with E-state index in [9.17, 15) is 4.79 Å². The molecule has 1 amide bonds. The van der Waals surface area contributed by atoms with E-state index >= 15 is 0 Å². The van der Waals surface area contributed by atoms with Crippen LogP contribution in [-0.4, -0.2) is 51.1 Å². The molecular weight excluding hydrogens is 416 g/mol. The molecule has 2 rings (SSSR count). The largest absolute Gasteiger partial charge is 0.493 e. The van der Waals surface area contributed by atoms with Gasteiger partial charge in [-0.3, -0.25) is 4.79 Å². The van der Waals surface area contributed by atoms with Crippen LogP contribution in [0.15, 0.2) is 41.4 Å². The Bertz CT molecular complexity index is 898. The van der Waals surface area contributed by atoms with Gasteiger partial charge in [0.05, 0.1) is 25.3 Å². The highest BCUT2D eigenvalue weighted by Crippen LogP contribution is 2.36. The molecule has 2 N–H and O–H groups in total. The maximum Gasteiger partial charge on any atom is 0.253 e. The van der Waals surface area contributed by atoms with Gasteiger partial charge in [0.25, 0.3) is 5.91 Å². The van der Waals surface area contributed by atoms with Crippen molar-refractivity contribution in [3.8, 4) is 11.5 Å². The third-order valence-corrected chi connectivity index (χ3v) is 4.69. The van der Waals surface area contributed by atoms with Crippen LogP contribution in [0.25, 0.3) is 0 Å². The molecule has 0 unspecified atom stereocenters. The summed E-state index contributed by atoms with van der Waals surface area (Å²) in [5.41, 5.74) is 2.62. The van der Waals surface area contributed by atoms with Gasteiger partial charge in [-0.1, -0.05) is 23.7 Å². The second-order valence-electron chi connectivity index (χ2n) is 6.99. The van der Waals surface area contributed by atoms with Gasteiger partial charge in [0.1, 0.15) is 0 Å². The topological polar surface area (TPSA) is 75.2 Å². The van der Waals surface area contributed by atoms with Gasteiger partial charge in [-0.25, -0.2) is 4.99 Å². The molecule has 7 nitrogen and oxygen atoms in total. The van der Waals surface area contributed by atoms with E-state index in [1.807, 2.05) is 50.2 Å². The van der Waals surface area contributed by atoms with Crippen LogP contribution in [0.1, 0.15) is 35.3 Å². The molecule has 0 spiro atoms. The number of benzene rings is 2. The zero-order chi connectivity index (χ0) is 22.8. The van der Waals surface area contributed by atoms with Crippen molar-refractivity contribution in [1.29, 1.82) is 0 Å². The highest BCUT2D eigenvalue weighted by Gasteiger charge is 2.12. The molecule has 2 aromatic rings. The summed E-state index contributed by atoms with van der Waals surface area (Å²) in [6, 6.07) is 11.2. The summed E-state index contributed by atoms with van der Waals surface area (Å²) in [7, 11) is 5.07. The molecule has 8 heteroatoms. The summed E-state index contributed by atoms with van der Waals surface area (Å²) in [6.45, 7) is 6.15. The molecule has 2 aromatic carbocycles. The third-order valence-electron chi connectivity index (χ3n) is 4.41. The fourth-order valence-electron chi connectivity index (χ4n) is 2.87. The molecule has 0 saturated heterocycles. The van der Waals surface area contributed by atoms with E-state index in [2.05, 4.69) is 15.6 Å². The van der Waals surface area contributed by atoms with Crippen molar-refractivity contribution in [3.05, 3.63) is 58.1 Å². The number of guanidine groups is 1. The zero-order valence-electron chi connectivity index (χ0n) is 18.8. The summed E-state index contributed by atoms with van der Waals surface area (Å²) in [5.74, 6) is 1.80. The summed E-state index contributed by atoms with van der Waals surface area (Å²) >= 11 is 6.35. The smallest absolute Gasteiger partial charge is 0.253 e. The lowest BCUT2D eigenvalue weighted by Crippen LogP contribution is -2.36. The number of hydrogen-bond acceptors (Lipinski definition) is 4. The van der Waals surface area contributed by atoms with E-state index < -0.39 is 0 Å². The number of amides is 1. The van der Waals surface area contributed by atoms with E-state index in [4.69, 9.17) is 21.1 Å². The van der Waals surface area contributed by atoms with Crippen LogP contribution in [0.3, 0.4) is 0 Å². The Morgan fingerprint density at radius 1 is 1.10 bits per heavy atom. The highest BCUT2D eigenvalue weighted by atomic mass is 35.5. The minimum Gasteiger partial charge on any atom is -0.493 e. The van der Waals surface area contributed by atoms with E-state index in [0.29, 0.717) is 47.7 Å². The first-order valence-corrected chi connectivity index (χ1v) is 10.6. The minimum atomic E-state index is -0.0149. The van der Waals surface area contributed by atoms with Crippen molar-refractivity contribution < 1.29 is 14.3 Å². The fraction of sp³-hybridized carbons (Fsp3) is 0.391. The number of aliphatic imine (C=N–C) groups is 1. The lowest BCUT2D eigenvalue weighted by Gasteiger charge is -2.14. The highest BCUT2D eigenvalue weighted by molar-refractivity contribution is 6.32. The summed E-state index contributed by atoms with van der Waals surface area (Å²) in [6.07, 6.45) is 0. The molecule has 0 fully saturated rings. The molecule has 0 aliphatic carbocycles. The first-order chi connectivity index (χ1) is 14.9. The van der Waals surface area contributed by atoms with Crippen LogP contribution in [0.4, 0.5) is 0 Å². The molecule has 0 aliphatic heterocycles. The molecule has 0 bridgehead atoms. The number of hydrogen-bond donors (Lipinski definition) is 2. The summed E-state index contributed by atoms with van der Waals surface area (Å²) in [5, 5.41) is 7.04. The normalized spacial score (nSPS) is 11.1. The number of carbonyl (C=O) groups excluding carboxylic acids is 1. The lowest BCUT2D eigenvalue weighted by atomic mass is 10.1. The standard InChI is InChI=1S/C23H31ClN4O3/c1-6-25-23(26-14-16-8-10-18(11-9-16)22(29)28(3)4)27-15-17-12-19(24)21(31-7-2)20(13-17)30-5/h8-13H,6-7,14-15H2,1-5H3,(H2,25,26,27). The molecule has 0 saturated carbocycles. The van der Waals surface area contributed by atoms with Crippen molar-refractivity contribution in [2.24, 2.45) is 4.99 Å². The Hall–Kier alpha value is -2.93. The fourth-order valence-corrected chi connectivity index (χ4v) is 3.16. The number of carbonyl (C=O) groups is 1. The quantitative estimate of drug-likeness (QED) is 0.453. The van der Waals surface area contributed by atoms with Gasteiger partial charge in [-0.15, -0.1) is 0 Å². The Morgan fingerprint density at radius 3 is 2.39 bits per heavy atom. The molecule has 0 aliphatic rings. The van der Waals surface area contributed by atoms with Crippen molar-refractivity contribution in [3.63, 3.8) is 0 Å². The number of nitrogens with zero attached hydrogens (tertiary/aromatic N) is 2. The maximum absolute atomic E-state index is 12.0. The van der Waals surface area contributed by atoms with Gasteiger partial charge in [0.15, 0.2) is 17.5 Å². The Morgan fingerprint density at radius 2 is 1.81 bits per heavy atom. The second-order valence-corrected chi connectivity index (χ2v) is 7.39. The second kappa shape index (κ2) is 12.1. The van der Waals surface area contributed by atoms with Crippen molar-refractivity contribution >= 4 is 23.5 Å². The monoisotopic (exact) mass is 446 g/mol. The van der Waals surface area contributed by atoms with Crippen LogP contribution in [0, 0.1) is 0 Å². The van der Waals surface area contributed by atoms with Crippen molar-refractivity contribution in [1.82, 2.24) is 15.5 Å². The number of methoxy groups -OCH3 is 1. The Labute approximate surface area is 189 Å². The molecular formula is C23H31ClN4O3. The van der Waals surface area contributed by atoms with E-state index in [1.165, 1.54) is 0 Å². The van der Waals surface area contributed by atoms with Gasteiger partial charge in [-0.2, -0.15) is 0 Å². The zero-order valence-corrected chi connectivity index (χ0v) is 19.5. The average Bonchev–Trinajstić information content (AvgIpc) is 2.77. The van der Waals surface area contributed by atoms with Crippen molar-refractivity contribution in [2.45, 2.75) is 26.9 Å². The lowest BCUT2D eigenvalue weighted by molar-refractivity contribution is 0.0827. The number of rotatable bonds is 9. The molecule has 0 aromatic heterocycles. The predicted molar refractivity (Wildman–Crippen MR) is 125 cm³/mol. The number of ether oxygens (including phenoxy) is 2. The van der Waals surface area contributed by atoms with Crippen LogP contribution in [0.2, 0.25) is 5.02 Å². The minimum absolute atomic E-state index is 0.0149. The number of halogens is 1. The van der Waals surface area contributed by atoms with E-state index in [-0.39, 0.29) is 5.91 Å². The SMILES string of the molecule is CCNC(=NCc1cc(Cl)c(OCC)c(OC)c1)NCc1ccc(C(=O)N(C)C)cc1. The first kappa shape index (κ1) is 24.3. The third kappa shape index (κ3) is 7.07. The number of nitrogens with one attached hydrogen (secondary N) is 2. The van der Waals surface area contributed by atoms with E-state index in [0.717, 1.165) is 17.7 Å². The summed E-state index contributed by atoms with van der Waals surface area (Å²) < 4.78 is 11.0. The molecule has 0 radical (unpaired) electrons. The predicted octanol–water partition coefficient (Wildman–Crippen LogP) is 3.70. The van der Waals surface area contributed by atoms with Crippen LogP contribution in [-0.2, 0) is 13.1 Å². The van der Waals surface area contributed by atoms with Gasteiger partial charge in [0, 0.05) is 32.7 Å². The van der Waals surface area contributed by atoms with E-state index in [1.54, 1.807) is 26.1 Å². The first-order valence-electron chi connectivity index (χ1n) is 10.2.